The van der Waals surface area contributed by atoms with Crippen LogP contribution in [-0.4, -0.2) is 10.2 Å². The van der Waals surface area contributed by atoms with Gasteiger partial charge in [-0.25, -0.2) is 0 Å². The SMILES string of the molecule is Cc1ccc(-c2cc(O)cc(O)c2C)cc1. The van der Waals surface area contributed by atoms with E-state index < -0.39 is 0 Å². The van der Waals surface area contributed by atoms with Gasteiger partial charge in [-0.05, 0) is 36.6 Å². The summed E-state index contributed by atoms with van der Waals surface area (Å²) in [6.07, 6.45) is 0. The highest BCUT2D eigenvalue weighted by molar-refractivity contribution is 5.71. The van der Waals surface area contributed by atoms with E-state index >= 15 is 0 Å². The number of hydrogen-bond acceptors (Lipinski definition) is 2. The highest BCUT2D eigenvalue weighted by Crippen LogP contribution is 2.33. The molecule has 2 aromatic rings. The summed E-state index contributed by atoms with van der Waals surface area (Å²) < 4.78 is 0. The third-order valence-corrected chi connectivity index (χ3v) is 2.73. The molecule has 16 heavy (non-hydrogen) atoms. The largest absolute Gasteiger partial charge is 0.508 e. The van der Waals surface area contributed by atoms with Gasteiger partial charge in [0.05, 0.1) is 0 Å². The lowest BCUT2D eigenvalue weighted by Gasteiger charge is -2.09. The molecular weight excluding hydrogens is 200 g/mol. The van der Waals surface area contributed by atoms with Gasteiger partial charge in [0.15, 0.2) is 0 Å². The van der Waals surface area contributed by atoms with Crippen molar-refractivity contribution in [1.82, 2.24) is 0 Å². The molecule has 0 spiro atoms. The van der Waals surface area contributed by atoms with Gasteiger partial charge in [-0.15, -0.1) is 0 Å². The first kappa shape index (κ1) is 10.6. The summed E-state index contributed by atoms with van der Waals surface area (Å²) in [5.74, 6) is 0.203. The number of benzene rings is 2. The van der Waals surface area contributed by atoms with Crippen LogP contribution in [0.15, 0.2) is 36.4 Å². The predicted molar refractivity (Wildman–Crippen MR) is 64.7 cm³/mol. The van der Waals surface area contributed by atoms with Gasteiger partial charge in [-0.2, -0.15) is 0 Å². The number of phenols is 2. The smallest absolute Gasteiger partial charge is 0.122 e. The molecule has 0 fully saturated rings. The second-order valence-electron chi connectivity index (χ2n) is 4.00. The molecule has 0 atom stereocenters. The average molecular weight is 214 g/mol. The minimum atomic E-state index is 0.0821. The number of rotatable bonds is 1. The molecule has 0 unspecified atom stereocenters. The fraction of sp³-hybridized carbons (Fsp3) is 0.143. The summed E-state index contributed by atoms with van der Waals surface area (Å²) in [5.41, 5.74) is 3.82. The maximum absolute atomic E-state index is 9.64. The van der Waals surface area contributed by atoms with Crippen LogP contribution in [0.4, 0.5) is 0 Å². The number of aromatic hydroxyl groups is 2. The second kappa shape index (κ2) is 3.89. The Morgan fingerprint density at radius 3 is 2.12 bits per heavy atom. The van der Waals surface area contributed by atoms with Crippen molar-refractivity contribution in [3.05, 3.63) is 47.5 Å². The van der Waals surface area contributed by atoms with E-state index in [2.05, 4.69) is 0 Å². The van der Waals surface area contributed by atoms with E-state index in [-0.39, 0.29) is 11.5 Å². The first-order valence-corrected chi connectivity index (χ1v) is 5.17. The molecule has 0 radical (unpaired) electrons. The molecule has 2 N–H and O–H groups in total. The third kappa shape index (κ3) is 1.87. The normalized spacial score (nSPS) is 10.4. The van der Waals surface area contributed by atoms with Gasteiger partial charge >= 0.3 is 0 Å². The summed E-state index contributed by atoms with van der Waals surface area (Å²) in [6.45, 7) is 3.86. The molecule has 0 heterocycles. The minimum absolute atomic E-state index is 0.0821. The van der Waals surface area contributed by atoms with E-state index in [0.29, 0.717) is 0 Å². The fourth-order valence-electron chi connectivity index (χ4n) is 1.72. The van der Waals surface area contributed by atoms with Crippen LogP contribution in [-0.2, 0) is 0 Å². The summed E-state index contributed by atoms with van der Waals surface area (Å²) >= 11 is 0. The minimum Gasteiger partial charge on any atom is -0.508 e. The molecular formula is C14H14O2. The molecule has 2 aromatic carbocycles. The Labute approximate surface area is 94.8 Å². The van der Waals surface area contributed by atoms with E-state index in [1.165, 1.54) is 11.6 Å². The van der Waals surface area contributed by atoms with Gasteiger partial charge in [-0.3, -0.25) is 0 Å². The molecule has 0 saturated carbocycles. The maximum atomic E-state index is 9.64. The van der Waals surface area contributed by atoms with Crippen LogP contribution in [0.25, 0.3) is 11.1 Å². The van der Waals surface area contributed by atoms with Gasteiger partial charge in [0.1, 0.15) is 11.5 Å². The predicted octanol–water partition coefficient (Wildman–Crippen LogP) is 3.38. The summed E-state index contributed by atoms with van der Waals surface area (Å²) in [5, 5.41) is 19.1. The maximum Gasteiger partial charge on any atom is 0.122 e. The van der Waals surface area contributed by atoms with Gasteiger partial charge < -0.3 is 10.2 Å². The van der Waals surface area contributed by atoms with Gasteiger partial charge in [-0.1, -0.05) is 29.8 Å². The highest BCUT2D eigenvalue weighted by atomic mass is 16.3. The number of aryl methyl sites for hydroxylation is 1. The van der Waals surface area contributed by atoms with Gasteiger partial charge in [0.25, 0.3) is 0 Å². The summed E-state index contributed by atoms with van der Waals surface area (Å²) in [7, 11) is 0. The van der Waals surface area contributed by atoms with Crippen LogP contribution in [0.2, 0.25) is 0 Å². The van der Waals surface area contributed by atoms with Crippen LogP contribution in [0.5, 0.6) is 11.5 Å². The second-order valence-corrected chi connectivity index (χ2v) is 4.00. The summed E-state index contributed by atoms with van der Waals surface area (Å²) in [6, 6.07) is 11.0. The van der Waals surface area contributed by atoms with Crippen LogP contribution < -0.4 is 0 Å². The highest BCUT2D eigenvalue weighted by Gasteiger charge is 2.07. The monoisotopic (exact) mass is 214 g/mol. The molecule has 0 saturated heterocycles. The van der Waals surface area contributed by atoms with Crippen LogP contribution in [0, 0.1) is 13.8 Å². The van der Waals surface area contributed by atoms with Crippen LogP contribution >= 0.6 is 0 Å². The van der Waals surface area contributed by atoms with Crippen molar-refractivity contribution in [3.8, 4) is 22.6 Å². The van der Waals surface area contributed by atoms with Gasteiger partial charge in [0, 0.05) is 6.07 Å². The Morgan fingerprint density at radius 2 is 1.50 bits per heavy atom. The Morgan fingerprint density at radius 1 is 0.875 bits per heavy atom. The van der Waals surface area contributed by atoms with E-state index in [4.69, 9.17) is 0 Å². The van der Waals surface area contributed by atoms with Crippen molar-refractivity contribution in [1.29, 1.82) is 0 Å². The lowest BCUT2D eigenvalue weighted by atomic mass is 9.98. The van der Waals surface area contributed by atoms with E-state index in [0.717, 1.165) is 16.7 Å². The van der Waals surface area contributed by atoms with Crippen LogP contribution in [0.1, 0.15) is 11.1 Å². The zero-order valence-corrected chi connectivity index (χ0v) is 9.36. The van der Waals surface area contributed by atoms with Crippen molar-refractivity contribution < 1.29 is 10.2 Å². The zero-order valence-electron chi connectivity index (χ0n) is 9.36. The van der Waals surface area contributed by atoms with Gasteiger partial charge in [0.2, 0.25) is 0 Å². The van der Waals surface area contributed by atoms with E-state index in [1.54, 1.807) is 6.07 Å². The molecule has 0 aliphatic heterocycles. The molecule has 0 amide bonds. The van der Waals surface area contributed by atoms with Crippen molar-refractivity contribution in [2.45, 2.75) is 13.8 Å². The van der Waals surface area contributed by atoms with Crippen molar-refractivity contribution in [2.75, 3.05) is 0 Å². The molecule has 2 nitrogen and oxygen atoms in total. The lowest BCUT2D eigenvalue weighted by molar-refractivity contribution is 0.448. The Bertz CT molecular complexity index is 513. The zero-order chi connectivity index (χ0) is 11.7. The Hall–Kier alpha value is -1.96. The first-order valence-electron chi connectivity index (χ1n) is 5.17. The molecule has 2 heteroatoms. The first-order chi connectivity index (χ1) is 7.58. The third-order valence-electron chi connectivity index (χ3n) is 2.73. The standard InChI is InChI=1S/C14H14O2/c1-9-3-5-11(6-4-9)13-7-12(15)8-14(16)10(13)2/h3-8,15-16H,1-2H3. The Balaban J connectivity index is 2.59. The van der Waals surface area contributed by atoms with E-state index in [9.17, 15) is 10.2 Å². The van der Waals surface area contributed by atoms with Crippen molar-refractivity contribution in [3.63, 3.8) is 0 Å². The Kier molecular flexibility index (Phi) is 2.57. The molecule has 0 aromatic heterocycles. The summed E-state index contributed by atoms with van der Waals surface area (Å²) in [4.78, 5) is 0. The number of phenolic OH excluding ortho intramolecular Hbond substituents is 2. The van der Waals surface area contributed by atoms with Crippen molar-refractivity contribution in [2.24, 2.45) is 0 Å². The average Bonchev–Trinajstić information content (AvgIpc) is 2.25. The topological polar surface area (TPSA) is 40.5 Å². The quantitative estimate of drug-likeness (QED) is 0.764. The molecule has 0 aliphatic carbocycles. The molecule has 0 bridgehead atoms. The van der Waals surface area contributed by atoms with E-state index in [1.807, 2.05) is 38.1 Å². The number of hydrogen-bond donors (Lipinski definition) is 2. The molecule has 2 rings (SSSR count). The fourth-order valence-corrected chi connectivity index (χ4v) is 1.72. The van der Waals surface area contributed by atoms with Crippen molar-refractivity contribution >= 4 is 0 Å². The van der Waals surface area contributed by atoms with Crippen LogP contribution in [0.3, 0.4) is 0 Å². The molecule has 82 valence electrons. The molecule has 0 aliphatic rings. The lowest BCUT2D eigenvalue weighted by Crippen LogP contribution is -1.84.